The smallest absolute Gasteiger partial charge is 0.306 e. The Bertz CT molecular complexity index is 673. The summed E-state index contributed by atoms with van der Waals surface area (Å²) in [7, 11) is 0. The van der Waals surface area contributed by atoms with Crippen molar-refractivity contribution in [1.29, 1.82) is 0 Å². The number of carbonyl (C=O) groups is 1. The highest BCUT2D eigenvalue weighted by Gasteiger charge is 2.15. The molecule has 0 saturated carbocycles. The molecule has 3 nitrogen and oxygen atoms in total. The number of unbranched alkanes of at least 4 members (excludes halogenated alkanes) is 8. The van der Waals surface area contributed by atoms with E-state index in [1.807, 2.05) is 20.8 Å². The first kappa shape index (κ1) is 28.2. The lowest BCUT2D eigenvalue weighted by Gasteiger charge is -2.19. The number of aryl methyl sites for hydroxylation is 1. The molecule has 0 aliphatic rings. The lowest BCUT2D eigenvalue weighted by molar-refractivity contribution is -0.154. The Balaban J connectivity index is 2.14. The van der Waals surface area contributed by atoms with Gasteiger partial charge in [-0.05, 0) is 58.1 Å². The molecule has 1 aromatic rings. The average molecular weight is 443 g/mol. The van der Waals surface area contributed by atoms with E-state index in [0.717, 1.165) is 18.4 Å². The Morgan fingerprint density at radius 1 is 0.906 bits per heavy atom. The van der Waals surface area contributed by atoms with Crippen molar-refractivity contribution >= 4 is 5.97 Å². The number of hydrogen-bond acceptors (Lipinski definition) is 3. The second-order valence-corrected chi connectivity index (χ2v) is 9.81. The van der Waals surface area contributed by atoms with Gasteiger partial charge in [0.05, 0.1) is 6.10 Å². The van der Waals surface area contributed by atoms with E-state index in [-0.39, 0.29) is 12.1 Å². The second kappa shape index (κ2) is 16.8. The van der Waals surface area contributed by atoms with Crippen LogP contribution in [0, 0.1) is 11.8 Å². The van der Waals surface area contributed by atoms with E-state index < -0.39 is 5.60 Å². The van der Waals surface area contributed by atoms with Gasteiger partial charge in [0.25, 0.3) is 0 Å². The van der Waals surface area contributed by atoms with Gasteiger partial charge in [0, 0.05) is 12.8 Å². The molecule has 180 valence electrons. The third-order valence-electron chi connectivity index (χ3n) is 5.30. The SMILES string of the molecule is CCCCCCCCCCC#CCO[C@H](C)Cc1ccc(CCC(=O)OC(C)(C)C)cc1. The summed E-state index contributed by atoms with van der Waals surface area (Å²) < 4.78 is 11.2. The van der Waals surface area contributed by atoms with Crippen LogP contribution in [0.2, 0.25) is 0 Å². The van der Waals surface area contributed by atoms with Crippen molar-refractivity contribution in [3.8, 4) is 11.8 Å². The number of esters is 1. The maximum Gasteiger partial charge on any atom is 0.306 e. The minimum Gasteiger partial charge on any atom is -0.460 e. The predicted molar refractivity (Wildman–Crippen MR) is 135 cm³/mol. The summed E-state index contributed by atoms with van der Waals surface area (Å²) >= 11 is 0. The van der Waals surface area contributed by atoms with E-state index in [0.29, 0.717) is 19.4 Å². The molecule has 32 heavy (non-hydrogen) atoms. The molecule has 0 fully saturated rings. The third kappa shape index (κ3) is 15.9. The molecular formula is C29H46O3. The van der Waals surface area contributed by atoms with E-state index in [1.54, 1.807) is 0 Å². The maximum absolute atomic E-state index is 11.9. The summed E-state index contributed by atoms with van der Waals surface area (Å²) in [6, 6.07) is 8.43. The normalized spacial score (nSPS) is 12.2. The van der Waals surface area contributed by atoms with Gasteiger partial charge in [-0.1, -0.05) is 82.1 Å². The largest absolute Gasteiger partial charge is 0.460 e. The molecule has 0 aliphatic carbocycles. The second-order valence-electron chi connectivity index (χ2n) is 9.81. The number of hydrogen-bond donors (Lipinski definition) is 0. The Hall–Kier alpha value is -1.79. The highest BCUT2D eigenvalue weighted by Crippen LogP contribution is 2.13. The summed E-state index contributed by atoms with van der Waals surface area (Å²) in [4.78, 5) is 11.9. The van der Waals surface area contributed by atoms with Crippen LogP contribution in [-0.2, 0) is 27.1 Å². The minimum atomic E-state index is -0.422. The molecule has 0 heterocycles. The fourth-order valence-corrected chi connectivity index (χ4v) is 3.54. The fourth-order valence-electron chi connectivity index (χ4n) is 3.54. The van der Waals surface area contributed by atoms with E-state index in [9.17, 15) is 4.79 Å². The van der Waals surface area contributed by atoms with Gasteiger partial charge in [-0.15, -0.1) is 5.92 Å². The minimum absolute atomic E-state index is 0.139. The van der Waals surface area contributed by atoms with Gasteiger partial charge in [0.15, 0.2) is 0 Å². The van der Waals surface area contributed by atoms with Crippen LogP contribution in [-0.4, -0.2) is 24.3 Å². The maximum atomic E-state index is 11.9. The van der Waals surface area contributed by atoms with Crippen LogP contribution < -0.4 is 0 Å². The van der Waals surface area contributed by atoms with Crippen LogP contribution in [0.1, 0.15) is 110 Å². The number of rotatable bonds is 15. The van der Waals surface area contributed by atoms with Crippen LogP contribution in [0.5, 0.6) is 0 Å². The van der Waals surface area contributed by atoms with Crippen molar-refractivity contribution in [2.75, 3.05) is 6.61 Å². The van der Waals surface area contributed by atoms with Crippen LogP contribution in [0.25, 0.3) is 0 Å². The van der Waals surface area contributed by atoms with E-state index in [2.05, 4.69) is 50.0 Å². The lowest BCUT2D eigenvalue weighted by Crippen LogP contribution is -2.24. The van der Waals surface area contributed by atoms with Crippen LogP contribution in [0.3, 0.4) is 0 Å². The first-order chi connectivity index (χ1) is 15.3. The van der Waals surface area contributed by atoms with Gasteiger partial charge in [0.1, 0.15) is 12.2 Å². The first-order valence-electron chi connectivity index (χ1n) is 12.7. The molecule has 1 atom stereocenters. The molecule has 0 radical (unpaired) electrons. The molecule has 0 spiro atoms. The zero-order valence-electron chi connectivity index (χ0n) is 21.3. The number of carbonyl (C=O) groups excluding carboxylic acids is 1. The van der Waals surface area contributed by atoms with Gasteiger partial charge < -0.3 is 9.47 Å². The standard InChI is InChI=1S/C29H46O3/c1-6-7-8-9-10-11-12-13-14-15-16-23-31-25(2)24-27-19-17-26(18-20-27)21-22-28(30)32-29(3,4)5/h17-20,25H,6-14,21-24H2,1-5H3/t25-/m1/s1. The van der Waals surface area contributed by atoms with Crippen molar-refractivity contribution in [2.24, 2.45) is 0 Å². The molecule has 1 aromatic carbocycles. The monoisotopic (exact) mass is 442 g/mol. The Labute approximate surface area is 197 Å². The van der Waals surface area contributed by atoms with E-state index >= 15 is 0 Å². The first-order valence-corrected chi connectivity index (χ1v) is 12.7. The Kier molecular flexibility index (Phi) is 14.8. The van der Waals surface area contributed by atoms with Gasteiger partial charge in [0.2, 0.25) is 0 Å². The summed E-state index contributed by atoms with van der Waals surface area (Å²) in [5.74, 6) is 6.26. The highest BCUT2D eigenvalue weighted by molar-refractivity contribution is 5.70. The molecule has 0 bridgehead atoms. The predicted octanol–water partition coefficient (Wildman–Crippen LogP) is 7.44. The fraction of sp³-hybridized carbons (Fsp3) is 0.690. The van der Waals surface area contributed by atoms with Gasteiger partial charge in [-0.2, -0.15) is 0 Å². The molecule has 0 aliphatic heterocycles. The molecule has 0 unspecified atom stereocenters. The van der Waals surface area contributed by atoms with Gasteiger partial charge >= 0.3 is 5.97 Å². The Morgan fingerprint density at radius 3 is 2.12 bits per heavy atom. The van der Waals surface area contributed by atoms with Gasteiger partial charge in [-0.25, -0.2) is 0 Å². The molecule has 0 N–H and O–H groups in total. The van der Waals surface area contributed by atoms with Crippen molar-refractivity contribution < 1.29 is 14.3 Å². The molecule has 3 heteroatoms. The van der Waals surface area contributed by atoms with E-state index in [1.165, 1.54) is 56.9 Å². The third-order valence-corrected chi connectivity index (χ3v) is 5.30. The summed E-state index contributed by atoms with van der Waals surface area (Å²) in [6.07, 6.45) is 13.8. The topological polar surface area (TPSA) is 35.5 Å². The average Bonchev–Trinajstić information content (AvgIpc) is 2.73. The van der Waals surface area contributed by atoms with Crippen LogP contribution in [0.4, 0.5) is 0 Å². The van der Waals surface area contributed by atoms with Crippen LogP contribution in [0.15, 0.2) is 24.3 Å². The lowest BCUT2D eigenvalue weighted by atomic mass is 10.0. The Morgan fingerprint density at radius 2 is 1.50 bits per heavy atom. The molecule has 0 saturated heterocycles. The number of benzene rings is 1. The summed E-state index contributed by atoms with van der Waals surface area (Å²) in [5, 5.41) is 0. The van der Waals surface area contributed by atoms with Crippen molar-refractivity contribution in [3.05, 3.63) is 35.4 Å². The molecule has 0 aromatic heterocycles. The van der Waals surface area contributed by atoms with Gasteiger partial charge in [-0.3, -0.25) is 4.79 Å². The molecule has 1 rings (SSSR count). The summed E-state index contributed by atoms with van der Waals surface area (Å²) in [6.45, 7) is 10.5. The van der Waals surface area contributed by atoms with Crippen molar-refractivity contribution in [1.82, 2.24) is 0 Å². The van der Waals surface area contributed by atoms with Crippen LogP contribution >= 0.6 is 0 Å². The summed E-state index contributed by atoms with van der Waals surface area (Å²) in [5.41, 5.74) is 1.97. The zero-order chi connectivity index (χ0) is 23.7. The molecule has 0 amide bonds. The van der Waals surface area contributed by atoms with E-state index in [4.69, 9.17) is 9.47 Å². The molecular weight excluding hydrogens is 396 g/mol. The zero-order valence-corrected chi connectivity index (χ0v) is 21.3. The highest BCUT2D eigenvalue weighted by atomic mass is 16.6. The van der Waals surface area contributed by atoms with Crippen molar-refractivity contribution in [3.63, 3.8) is 0 Å². The quantitative estimate of drug-likeness (QED) is 0.161. The van der Waals surface area contributed by atoms with Crippen molar-refractivity contribution in [2.45, 2.75) is 123 Å². The number of ether oxygens (including phenoxy) is 2.